The number of piperidine rings is 1. The van der Waals surface area contributed by atoms with E-state index < -0.39 is 5.60 Å². The molecule has 8 nitrogen and oxygen atoms in total. The number of carbonyl (C=O) groups is 1. The van der Waals surface area contributed by atoms with Crippen molar-refractivity contribution in [1.82, 2.24) is 15.0 Å². The first kappa shape index (κ1) is 24.5. The highest BCUT2D eigenvalue weighted by atomic mass is 16.6. The lowest BCUT2D eigenvalue weighted by atomic mass is 9.91. The average molecular weight is 477 g/mol. The maximum absolute atomic E-state index is 12.3. The Labute approximate surface area is 205 Å². The van der Waals surface area contributed by atoms with Crippen molar-refractivity contribution in [3.05, 3.63) is 53.0 Å². The number of likely N-dealkylation sites (tertiary alicyclic amines) is 1. The third-order valence-corrected chi connectivity index (χ3v) is 6.27. The molecule has 35 heavy (non-hydrogen) atoms. The molecule has 0 bridgehead atoms. The van der Waals surface area contributed by atoms with Crippen LogP contribution in [0.1, 0.15) is 62.7 Å². The number of hydrogen-bond donors (Lipinski definition) is 0. The first-order valence-corrected chi connectivity index (χ1v) is 12.1. The van der Waals surface area contributed by atoms with E-state index in [2.05, 4.69) is 10.1 Å². The van der Waals surface area contributed by atoms with Crippen molar-refractivity contribution in [2.75, 3.05) is 13.1 Å². The molecule has 3 heterocycles. The van der Waals surface area contributed by atoms with Crippen LogP contribution in [0.5, 0.6) is 5.75 Å². The maximum atomic E-state index is 12.3. The van der Waals surface area contributed by atoms with Crippen LogP contribution in [0.25, 0.3) is 11.0 Å². The number of aryl methyl sites for hydroxylation is 2. The average Bonchev–Trinajstić information content (AvgIpc) is 3.25. The van der Waals surface area contributed by atoms with Crippen molar-refractivity contribution in [3.63, 3.8) is 0 Å². The zero-order chi connectivity index (χ0) is 25.0. The Balaban J connectivity index is 1.33. The Bertz CT molecular complexity index is 1230. The van der Waals surface area contributed by atoms with Crippen LogP contribution in [0.2, 0.25) is 0 Å². The van der Waals surface area contributed by atoms with Crippen molar-refractivity contribution in [1.29, 1.82) is 5.26 Å². The molecule has 184 valence electrons. The number of carbonyl (C=O) groups excluding carboxylic acids is 1. The number of fused-ring (bicyclic) bond motifs is 1. The SMILES string of the molecule is Cc1c(OCc2cccc(C#N)n2)ccc2c(CCC3CCN(C(=O)OC(C)(C)C)CC3)noc12. The van der Waals surface area contributed by atoms with Crippen LogP contribution in [0, 0.1) is 24.2 Å². The van der Waals surface area contributed by atoms with Gasteiger partial charge in [-0.05, 0) is 83.6 Å². The van der Waals surface area contributed by atoms with Crippen molar-refractivity contribution in [2.24, 2.45) is 5.92 Å². The Morgan fingerprint density at radius 2 is 2.00 bits per heavy atom. The minimum Gasteiger partial charge on any atom is -0.487 e. The predicted octanol–water partition coefficient (Wildman–Crippen LogP) is 5.56. The lowest BCUT2D eigenvalue weighted by molar-refractivity contribution is 0.0181. The molecule has 1 amide bonds. The topological polar surface area (TPSA) is 101 Å². The molecule has 0 atom stereocenters. The molecule has 1 saturated heterocycles. The van der Waals surface area contributed by atoms with Crippen LogP contribution in [-0.4, -0.2) is 39.8 Å². The third kappa shape index (κ3) is 6.10. The summed E-state index contributed by atoms with van der Waals surface area (Å²) in [4.78, 5) is 18.3. The first-order valence-electron chi connectivity index (χ1n) is 12.1. The van der Waals surface area contributed by atoms with E-state index in [0.29, 0.717) is 23.1 Å². The summed E-state index contributed by atoms with van der Waals surface area (Å²) in [6, 6.07) is 11.3. The molecular formula is C27H32N4O4. The maximum Gasteiger partial charge on any atom is 0.410 e. The number of benzene rings is 1. The summed E-state index contributed by atoms with van der Waals surface area (Å²) in [5.41, 5.74) is 3.17. The number of aromatic nitrogens is 2. The van der Waals surface area contributed by atoms with Crippen LogP contribution in [0.3, 0.4) is 0 Å². The van der Waals surface area contributed by atoms with E-state index in [0.717, 1.165) is 61.0 Å². The lowest BCUT2D eigenvalue weighted by Crippen LogP contribution is -2.41. The molecular weight excluding hydrogens is 444 g/mol. The van der Waals surface area contributed by atoms with Gasteiger partial charge in [-0.25, -0.2) is 9.78 Å². The molecule has 0 N–H and O–H groups in total. The molecule has 8 heteroatoms. The van der Waals surface area contributed by atoms with Gasteiger partial charge in [0.25, 0.3) is 0 Å². The summed E-state index contributed by atoms with van der Waals surface area (Å²) in [5.74, 6) is 1.25. The molecule has 4 rings (SSSR count). The normalized spacial score (nSPS) is 14.7. The molecule has 1 fully saturated rings. The molecule has 1 aliphatic rings. The standard InChI is InChI=1S/C27H32N4O4/c1-18-24(33-17-21-7-5-6-20(16-28)29-21)11-9-22-23(30-35-25(18)22)10-8-19-12-14-31(15-13-19)26(32)34-27(2,3)4/h5-7,9,11,19H,8,10,12-15,17H2,1-4H3. The van der Waals surface area contributed by atoms with E-state index in [4.69, 9.17) is 19.3 Å². The number of ether oxygens (including phenoxy) is 2. The Morgan fingerprint density at radius 3 is 2.71 bits per heavy atom. The highest BCUT2D eigenvalue weighted by molar-refractivity contribution is 5.84. The van der Waals surface area contributed by atoms with Gasteiger partial charge in [-0.2, -0.15) is 5.26 Å². The second-order valence-corrected chi connectivity index (χ2v) is 10.1. The molecule has 0 unspecified atom stereocenters. The van der Waals surface area contributed by atoms with Crippen LogP contribution < -0.4 is 4.74 Å². The minimum absolute atomic E-state index is 0.222. The molecule has 0 aliphatic carbocycles. The lowest BCUT2D eigenvalue weighted by Gasteiger charge is -2.33. The second kappa shape index (κ2) is 10.3. The molecule has 2 aromatic heterocycles. The molecule has 0 spiro atoms. The number of hydrogen-bond acceptors (Lipinski definition) is 7. The van der Waals surface area contributed by atoms with Gasteiger partial charge in [0.05, 0.1) is 11.4 Å². The van der Waals surface area contributed by atoms with Gasteiger partial charge in [0.2, 0.25) is 0 Å². The van der Waals surface area contributed by atoms with Crippen LogP contribution >= 0.6 is 0 Å². The third-order valence-electron chi connectivity index (χ3n) is 6.27. The quantitative estimate of drug-likeness (QED) is 0.459. The van der Waals surface area contributed by atoms with Crippen LogP contribution in [0.4, 0.5) is 4.79 Å². The Kier molecular flexibility index (Phi) is 7.25. The van der Waals surface area contributed by atoms with E-state index in [1.54, 1.807) is 12.1 Å². The zero-order valence-corrected chi connectivity index (χ0v) is 20.8. The van der Waals surface area contributed by atoms with Gasteiger partial charge in [-0.15, -0.1) is 0 Å². The summed E-state index contributed by atoms with van der Waals surface area (Å²) in [6.45, 7) is 9.35. The van der Waals surface area contributed by atoms with Crippen LogP contribution in [-0.2, 0) is 17.8 Å². The first-order chi connectivity index (χ1) is 16.7. The molecule has 0 radical (unpaired) electrons. The molecule has 0 saturated carbocycles. The fraction of sp³-hybridized carbons (Fsp3) is 0.481. The van der Waals surface area contributed by atoms with E-state index in [-0.39, 0.29) is 12.7 Å². The minimum atomic E-state index is -0.468. The van der Waals surface area contributed by atoms with Crippen molar-refractivity contribution in [2.45, 2.75) is 65.6 Å². The number of rotatable bonds is 6. The molecule has 1 aromatic carbocycles. The predicted molar refractivity (Wildman–Crippen MR) is 131 cm³/mol. The van der Waals surface area contributed by atoms with Gasteiger partial charge in [0.15, 0.2) is 5.58 Å². The summed E-state index contributed by atoms with van der Waals surface area (Å²) in [7, 11) is 0. The van der Waals surface area contributed by atoms with Gasteiger partial charge >= 0.3 is 6.09 Å². The monoisotopic (exact) mass is 476 g/mol. The van der Waals surface area contributed by atoms with Crippen molar-refractivity contribution >= 4 is 17.1 Å². The summed E-state index contributed by atoms with van der Waals surface area (Å²) in [6.07, 6.45) is 3.54. The van der Waals surface area contributed by atoms with E-state index >= 15 is 0 Å². The van der Waals surface area contributed by atoms with E-state index in [9.17, 15) is 4.79 Å². The summed E-state index contributed by atoms with van der Waals surface area (Å²) >= 11 is 0. The van der Waals surface area contributed by atoms with Crippen molar-refractivity contribution in [3.8, 4) is 11.8 Å². The zero-order valence-electron chi connectivity index (χ0n) is 20.8. The summed E-state index contributed by atoms with van der Waals surface area (Å²) in [5, 5.41) is 14.4. The Morgan fingerprint density at radius 1 is 1.23 bits per heavy atom. The van der Waals surface area contributed by atoms with Crippen molar-refractivity contribution < 1.29 is 18.8 Å². The van der Waals surface area contributed by atoms with Crippen LogP contribution in [0.15, 0.2) is 34.9 Å². The number of pyridine rings is 1. The number of amides is 1. The van der Waals surface area contributed by atoms with Gasteiger partial charge < -0.3 is 18.9 Å². The van der Waals surface area contributed by atoms with E-state index in [1.165, 1.54) is 0 Å². The second-order valence-electron chi connectivity index (χ2n) is 10.1. The largest absolute Gasteiger partial charge is 0.487 e. The summed E-state index contributed by atoms with van der Waals surface area (Å²) < 4.78 is 17.1. The van der Waals surface area contributed by atoms with Gasteiger partial charge in [0.1, 0.15) is 29.7 Å². The number of nitriles is 1. The van der Waals surface area contributed by atoms with Gasteiger partial charge in [-0.1, -0.05) is 11.2 Å². The Hall–Kier alpha value is -3.60. The molecule has 3 aromatic rings. The highest BCUT2D eigenvalue weighted by Gasteiger charge is 2.27. The fourth-order valence-corrected chi connectivity index (χ4v) is 4.35. The van der Waals surface area contributed by atoms with Gasteiger partial charge in [0, 0.05) is 24.0 Å². The molecule has 1 aliphatic heterocycles. The fourth-order valence-electron chi connectivity index (χ4n) is 4.35. The number of nitrogens with zero attached hydrogens (tertiary/aromatic N) is 4. The highest BCUT2D eigenvalue weighted by Crippen LogP contribution is 2.31. The smallest absolute Gasteiger partial charge is 0.410 e. The van der Waals surface area contributed by atoms with E-state index in [1.807, 2.05) is 56.9 Å². The van der Waals surface area contributed by atoms with Gasteiger partial charge in [-0.3, -0.25) is 0 Å².